The third-order valence-corrected chi connectivity index (χ3v) is 24.3. The molecule has 2 aromatic carbocycles. The normalized spacial score (nSPS) is 13.5. The second-order valence-electron chi connectivity index (χ2n) is 11.9. The van der Waals surface area contributed by atoms with E-state index in [1.807, 2.05) is 24.3 Å². The maximum atomic E-state index is 9.87. The highest BCUT2D eigenvalue weighted by Crippen LogP contribution is 2.53. The first-order valence-electron chi connectivity index (χ1n) is 13.0. The van der Waals surface area contributed by atoms with Crippen LogP contribution in [-0.2, 0) is 12.8 Å². The number of methoxy groups -OCH3 is 2. The predicted molar refractivity (Wildman–Crippen MR) is 154 cm³/mol. The van der Waals surface area contributed by atoms with Crippen LogP contribution in [0, 0.1) is 0 Å². The molecule has 0 amide bonds. The minimum Gasteiger partial charge on any atom is -0.504 e. The number of hydrogen-bond donors (Lipinski definition) is 2. The molecule has 0 saturated carbocycles. The predicted octanol–water partition coefficient (Wildman–Crippen LogP) is 8.20. The highest BCUT2D eigenvalue weighted by molar-refractivity contribution is 7.00. The van der Waals surface area contributed by atoms with Gasteiger partial charge >= 0.3 is 0 Å². The fraction of sp³-hybridized carbons (Fsp3) is 0.586. The maximum absolute atomic E-state index is 9.87. The third-order valence-electron chi connectivity index (χ3n) is 9.39. The summed E-state index contributed by atoms with van der Waals surface area (Å²) in [6, 6.07) is 12.7. The molecule has 1 atom stereocenters. The van der Waals surface area contributed by atoms with Gasteiger partial charge in [-0.15, -0.1) is 0 Å². The Labute approximate surface area is 215 Å². The van der Waals surface area contributed by atoms with Crippen molar-refractivity contribution < 1.29 is 19.7 Å². The van der Waals surface area contributed by atoms with Gasteiger partial charge in [-0.3, -0.25) is 0 Å². The molecule has 0 aliphatic heterocycles. The maximum Gasteiger partial charge on any atom is 0.160 e. The Balaban J connectivity index is 1.97. The lowest BCUT2D eigenvalue weighted by atomic mass is 10.1. The largest absolute Gasteiger partial charge is 0.504 e. The zero-order valence-electron chi connectivity index (χ0n) is 23.5. The summed E-state index contributed by atoms with van der Waals surface area (Å²) < 4.78 is 11.0. The van der Waals surface area contributed by atoms with Crippen LogP contribution in [0.1, 0.15) is 51.2 Å². The van der Waals surface area contributed by atoms with E-state index in [-0.39, 0.29) is 11.5 Å². The van der Waals surface area contributed by atoms with Crippen LogP contribution in [0.4, 0.5) is 0 Å². The monoisotopic (exact) mass is 516 g/mol. The fourth-order valence-electron chi connectivity index (χ4n) is 5.26. The van der Waals surface area contributed by atoms with Crippen LogP contribution in [-0.4, -0.2) is 40.6 Å². The van der Waals surface area contributed by atoms with Crippen LogP contribution >= 0.6 is 0 Å². The van der Waals surface area contributed by atoms with E-state index < -0.39 is 16.1 Å². The van der Waals surface area contributed by atoms with Crippen molar-refractivity contribution in [2.45, 2.75) is 95.3 Å². The van der Waals surface area contributed by atoms with Gasteiger partial charge in [-0.05, 0) is 64.9 Å². The van der Waals surface area contributed by atoms with Crippen LogP contribution < -0.4 is 9.47 Å². The molecular formula is C29H48O4Si2. The molecule has 2 rings (SSSR count). The Kier molecular flexibility index (Phi) is 9.94. The molecule has 196 valence electrons. The Bertz CT molecular complexity index is 969. The molecule has 1 unspecified atom stereocenters. The van der Waals surface area contributed by atoms with Gasteiger partial charge in [-0.1, -0.05) is 78.0 Å². The van der Waals surface area contributed by atoms with Crippen molar-refractivity contribution in [2.75, 3.05) is 14.2 Å². The van der Waals surface area contributed by atoms with Gasteiger partial charge in [0.25, 0.3) is 0 Å². The van der Waals surface area contributed by atoms with Crippen molar-refractivity contribution >= 4 is 16.1 Å². The van der Waals surface area contributed by atoms with Gasteiger partial charge in [-0.25, -0.2) is 0 Å². The summed E-state index contributed by atoms with van der Waals surface area (Å²) in [7, 11) is 0.162. The van der Waals surface area contributed by atoms with Crippen molar-refractivity contribution in [3.05, 3.63) is 47.5 Å². The summed E-state index contributed by atoms with van der Waals surface area (Å²) in [5, 5.41) is 19.7. The summed E-state index contributed by atoms with van der Waals surface area (Å²) in [4.78, 5) is 0. The first-order valence-corrected chi connectivity index (χ1v) is 19.3. The van der Waals surface area contributed by atoms with Crippen molar-refractivity contribution in [1.82, 2.24) is 0 Å². The summed E-state index contributed by atoms with van der Waals surface area (Å²) >= 11 is 0. The summed E-state index contributed by atoms with van der Waals surface area (Å²) in [5.74, 6) is 1.53. The Hall–Kier alpha value is -1.93. The van der Waals surface area contributed by atoms with Crippen LogP contribution in [0.25, 0.3) is 0 Å². The minimum atomic E-state index is -1.54. The third kappa shape index (κ3) is 6.85. The van der Waals surface area contributed by atoms with Gasteiger partial charge in [0.1, 0.15) is 0 Å². The molecule has 35 heavy (non-hydrogen) atoms. The molecule has 0 bridgehead atoms. The topological polar surface area (TPSA) is 58.9 Å². The Morgan fingerprint density at radius 1 is 0.800 bits per heavy atom. The molecule has 0 radical (unpaired) electrons. The molecule has 4 nitrogen and oxygen atoms in total. The van der Waals surface area contributed by atoms with E-state index in [1.165, 1.54) is 30.0 Å². The van der Waals surface area contributed by atoms with E-state index >= 15 is 0 Å². The number of benzene rings is 2. The molecule has 2 aromatic rings. The van der Waals surface area contributed by atoms with Crippen molar-refractivity contribution in [3.63, 3.8) is 0 Å². The number of phenols is 2. The molecule has 0 heterocycles. The Morgan fingerprint density at radius 3 is 1.71 bits per heavy atom. The second kappa shape index (κ2) is 11.9. The average Bonchev–Trinajstić information content (AvgIpc) is 2.80. The molecule has 0 aliphatic rings. The number of hydrogen-bond acceptors (Lipinski definition) is 4. The minimum absolute atomic E-state index is 0.205. The Morgan fingerprint density at radius 2 is 1.26 bits per heavy atom. The number of rotatable bonds is 13. The van der Waals surface area contributed by atoms with E-state index in [0.29, 0.717) is 16.2 Å². The summed E-state index contributed by atoms with van der Waals surface area (Å²) in [5.41, 5.74) is 3.20. The van der Waals surface area contributed by atoms with E-state index in [2.05, 4.69) is 47.0 Å². The first kappa shape index (κ1) is 29.3. The van der Waals surface area contributed by atoms with Gasteiger partial charge < -0.3 is 19.7 Å². The van der Waals surface area contributed by atoms with E-state index in [4.69, 9.17) is 9.47 Å². The standard InChI is InChI=1S/C29H48O4Si2/c1-22(12-10-13-23-15-17-25(30)27(20-23)32-4)35(8,9)29(2,3)34(6,7)19-11-14-24-16-18-26(31)28(21-24)33-5/h15-18,20-22,30-31H,10-14,19H2,1-9H3. The van der Waals surface area contributed by atoms with E-state index in [1.54, 1.807) is 26.4 Å². The van der Waals surface area contributed by atoms with Gasteiger partial charge in [0.2, 0.25) is 0 Å². The molecule has 0 spiro atoms. The SMILES string of the molecule is COc1cc(CCCC(C)[Si](C)(C)C(C)(C)[Si](C)(C)CCCc2ccc(O)c(OC)c2)ccc1O. The quantitative estimate of drug-likeness (QED) is 0.263. The van der Waals surface area contributed by atoms with Gasteiger partial charge in [0.15, 0.2) is 23.0 Å². The number of aryl methyl sites for hydroxylation is 2. The molecular weight excluding hydrogens is 468 g/mol. The van der Waals surface area contributed by atoms with Crippen LogP contribution in [0.15, 0.2) is 36.4 Å². The zero-order valence-corrected chi connectivity index (χ0v) is 25.5. The zero-order chi connectivity index (χ0) is 26.4. The van der Waals surface area contributed by atoms with Gasteiger partial charge in [0.05, 0.1) is 30.4 Å². The fourth-order valence-corrected chi connectivity index (χ4v) is 17.2. The molecule has 6 heteroatoms. The van der Waals surface area contributed by atoms with Crippen LogP contribution in [0.5, 0.6) is 23.0 Å². The lowest BCUT2D eigenvalue weighted by Crippen LogP contribution is -2.56. The number of ether oxygens (including phenoxy) is 2. The van der Waals surface area contributed by atoms with E-state index in [9.17, 15) is 10.2 Å². The number of phenolic OH excluding ortho intramolecular Hbond substituents is 2. The molecule has 0 fully saturated rings. The van der Waals surface area contributed by atoms with E-state index in [0.717, 1.165) is 24.8 Å². The van der Waals surface area contributed by atoms with Crippen molar-refractivity contribution in [1.29, 1.82) is 0 Å². The molecule has 0 saturated heterocycles. The number of aromatic hydroxyl groups is 2. The van der Waals surface area contributed by atoms with Crippen molar-refractivity contribution in [3.8, 4) is 23.0 Å². The molecule has 2 N–H and O–H groups in total. The highest BCUT2D eigenvalue weighted by Gasteiger charge is 2.51. The van der Waals surface area contributed by atoms with Gasteiger partial charge in [0, 0.05) is 0 Å². The highest BCUT2D eigenvalue weighted by atomic mass is 28.4. The summed E-state index contributed by atoms with van der Waals surface area (Å²) in [6.07, 6.45) is 5.62. The molecule has 0 aromatic heterocycles. The lowest BCUT2D eigenvalue weighted by Gasteiger charge is -2.53. The van der Waals surface area contributed by atoms with Gasteiger partial charge in [-0.2, -0.15) is 0 Å². The average molecular weight is 517 g/mol. The lowest BCUT2D eigenvalue weighted by molar-refractivity contribution is 0.373. The summed E-state index contributed by atoms with van der Waals surface area (Å²) in [6.45, 7) is 18.0. The van der Waals surface area contributed by atoms with Crippen molar-refractivity contribution in [2.24, 2.45) is 0 Å². The van der Waals surface area contributed by atoms with Crippen LogP contribution in [0.2, 0.25) is 42.4 Å². The molecule has 0 aliphatic carbocycles. The smallest absolute Gasteiger partial charge is 0.160 e. The first-order chi connectivity index (χ1) is 16.3. The van der Waals surface area contributed by atoms with Crippen LogP contribution in [0.3, 0.4) is 0 Å². The second-order valence-corrected chi connectivity index (χ2v) is 23.6.